The molecule has 24 heavy (non-hydrogen) atoms. The van der Waals surface area contributed by atoms with Gasteiger partial charge in [-0.25, -0.2) is 9.48 Å². The highest BCUT2D eigenvalue weighted by Gasteiger charge is 2.23. The zero-order chi connectivity index (χ0) is 16.9. The Morgan fingerprint density at radius 1 is 1.38 bits per heavy atom. The molecule has 0 spiro atoms. The van der Waals surface area contributed by atoms with Crippen molar-refractivity contribution in [1.29, 1.82) is 0 Å². The van der Waals surface area contributed by atoms with E-state index >= 15 is 0 Å². The van der Waals surface area contributed by atoms with Gasteiger partial charge in [0, 0.05) is 37.7 Å². The van der Waals surface area contributed by atoms with Crippen LogP contribution < -0.4 is 5.32 Å². The summed E-state index contributed by atoms with van der Waals surface area (Å²) in [5.74, 6) is 0.572. The first-order valence-electron chi connectivity index (χ1n) is 8.50. The van der Waals surface area contributed by atoms with Crippen LogP contribution in [0.4, 0.5) is 10.5 Å². The Kier molecular flexibility index (Phi) is 5.15. The van der Waals surface area contributed by atoms with Crippen molar-refractivity contribution in [3.8, 4) is 5.69 Å². The van der Waals surface area contributed by atoms with Crippen LogP contribution in [-0.2, 0) is 0 Å². The molecular formula is C18H25N5O. The molecule has 1 aromatic heterocycles. The lowest BCUT2D eigenvalue weighted by Crippen LogP contribution is -2.38. The predicted octanol–water partition coefficient (Wildman–Crippen LogP) is 2.68. The van der Waals surface area contributed by atoms with Crippen molar-refractivity contribution >= 4 is 11.7 Å². The summed E-state index contributed by atoms with van der Waals surface area (Å²) in [6.45, 7) is 5.76. The molecule has 2 heterocycles. The third-order valence-electron chi connectivity index (χ3n) is 4.52. The summed E-state index contributed by atoms with van der Waals surface area (Å²) < 4.78 is 1.79. The van der Waals surface area contributed by atoms with Crippen molar-refractivity contribution in [3.05, 3.63) is 42.7 Å². The monoisotopic (exact) mass is 327 g/mol. The maximum Gasteiger partial charge on any atom is 0.321 e. The number of hydrogen-bond acceptors (Lipinski definition) is 3. The van der Waals surface area contributed by atoms with E-state index in [1.54, 1.807) is 10.9 Å². The Morgan fingerprint density at radius 3 is 2.75 bits per heavy atom. The molecule has 1 atom stereocenters. The largest absolute Gasteiger partial charge is 0.324 e. The Labute approximate surface area is 143 Å². The van der Waals surface area contributed by atoms with Crippen molar-refractivity contribution < 1.29 is 4.79 Å². The Hall–Kier alpha value is -2.34. The number of anilines is 1. The van der Waals surface area contributed by atoms with Crippen molar-refractivity contribution in [2.75, 3.05) is 38.5 Å². The number of aromatic nitrogens is 2. The van der Waals surface area contributed by atoms with E-state index in [-0.39, 0.29) is 6.03 Å². The van der Waals surface area contributed by atoms with E-state index in [2.05, 4.69) is 22.4 Å². The second-order valence-electron chi connectivity index (χ2n) is 6.38. The van der Waals surface area contributed by atoms with Crippen LogP contribution in [0.3, 0.4) is 0 Å². The third-order valence-corrected chi connectivity index (χ3v) is 4.52. The lowest BCUT2D eigenvalue weighted by Gasteiger charge is -2.24. The minimum absolute atomic E-state index is 0.0288. The number of carbonyl (C=O) groups is 1. The van der Waals surface area contributed by atoms with E-state index in [1.165, 1.54) is 6.42 Å². The van der Waals surface area contributed by atoms with Gasteiger partial charge in [0.1, 0.15) is 0 Å². The number of rotatable bonds is 5. The van der Waals surface area contributed by atoms with E-state index in [0.717, 1.165) is 37.6 Å². The van der Waals surface area contributed by atoms with E-state index in [9.17, 15) is 4.79 Å². The number of hydrogen-bond donors (Lipinski definition) is 1. The lowest BCUT2D eigenvalue weighted by atomic mass is 10.1. The van der Waals surface area contributed by atoms with E-state index in [4.69, 9.17) is 0 Å². The van der Waals surface area contributed by atoms with Crippen molar-refractivity contribution in [2.45, 2.75) is 13.3 Å². The molecule has 0 aliphatic carbocycles. The summed E-state index contributed by atoms with van der Waals surface area (Å²) in [6.07, 6.45) is 4.80. The van der Waals surface area contributed by atoms with Gasteiger partial charge in [-0.2, -0.15) is 5.10 Å². The standard InChI is InChI=1S/C18H25N5O/c1-3-22(14-15-9-12-21(2)13-15)18(24)20-16-5-7-17(8-6-16)23-11-4-10-19-23/h4-8,10-11,15H,3,9,12-14H2,1-2H3,(H,20,24). The second kappa shape index (κ2) is 7.49. The fraction of sp³-hybridized carbons (Fsp3) is 0.444. The molecule has 1 aliphatic rings. The first-order chi connectivity index (χ1) is 11.7. The molecule has 2 amide bonds. The fourth-order valence-electron chi connectivity index (χ4n) is 3.16. The van der Waals surface area contributed by atoms with Crippen LogP contribution in [0.2, 0.25) is 0 Å². The van der Waals surface area contributed by atoms with Gasteiger partial charge in [0.05, 0.1) is 5.69 Å². The summed E-state index contributed by atoms with van der Waals surface area (Å²) in [6, 6.07) is 9.57. The van der Waals surface area contributed by atoms with Crippen LogP contribution in [-0.4, -0.2) is 58.8 Å². The van der Waals surface area contributed by atoms with Crippen molar-refractivity contribution in [2.24, 2.45) is 5.92 Å². The second-order valence-corrected chi connectivity index (χ2v) is 6.38. The first-order valence-corrected chi connectivity index (χ1v) is 8.50. The maximum absolute atomic E-state index is 12.5. The average molecular weight is 327 g/mol. The van der Waals surface area contributed by atoms with Gasteiger partial charge in [0.15, 0.2) is 0 Å². The summed E-state index contributed by atoms with van der Waals surface area (Å²) in [5.41, 5.74) is 1.78. The van der Waals surface area contributed by atoms with Gasteiger partial charge in [-0.3, -0.25) is 0 Å². The number of nitrogens with one attached hydrogen (secondary N) is 1. The molecular weight excluding hydrogens is 302 g/mol. The van der Waals surface area contributed by atoms with Gasteiger partial charge in [-0.05, 0) is 63.2 Å². The van der Waals surface area contributed by atoms with Gasteiger partial charge < -0.3 is 15.1 Å². The molecule has 1 N–H and O–H groups in total. The van der Waals surface area contributed by atoms with Gasteiger partial charge in [0.25, 0.3) is 0 Å². The molecule has 0 bridgehead atoms. The Balaban J connectivity index is 1.58. The third kappa shape index (κ3) is 3.94. The predicted molar refractivity (Wildman–Crippen MR) is 95.4 cm³/mol. The highest BCUT2D eigenvalue weighted by atomic mass is 16.2. The molecule has 3 rings (SSSR count). The van der Waals surface area contributed by atoms with E-state index < -0.39 is 0 Å². The average Bonchev–Trinajstić information content (AvgIpc) is 3.25. The van der Waals surface area contributed by atoms with Crippen molar-refractivity contribution in [1.82, 2.24) is 19.6 Å². The number of nitrogens with zero attached hydrogens (tertiary/aromatic N) is 4. The molecule has 1 saturated heterocycles. The van der Waals surface area contributed by atoms with Crippen LogP contribution in [0.15, 0.2) is 42.7 Å². The number of urea groups is 1. The van der Waals surface area contributed by atoms with Crippen LogP contribution >= 0.6 is 0 Å². The summed E-state index contributed by atoms with van der Waals surface area (Å²) in [5, 5.41) is 7.19. The van der Waals surface area contributed by atoms with Gasteiger partial charge in [-0.1, -0.05) is 0 Å². The Bertz CT molecular complexity index is 653. The smallest absolute Gasteiger partial charge is 0.321 e. The summed E-state index contributed by atoms with van der Waals surface area (Å²) in [4.78, 5) is 16.7. The Morgan fingerprint density at radius 2 is 2.17 bits per heavy atom. The molecule has 0 radical (unpaired) electrons. The highest BCUT2D eigenvalue weighted by Crippen LogP contribution is 2.17. The maximum atomic E-state index is 12.5. The lowest BCUT2D eigenvalue weighted by molar-refractivity contribution is 0.204. The zero-order valence-electron chi connectivity index (χ0n) is 14.4. The first kappa shape index (κ1) is 16.5. The molecule has 1 unspecified atom stereocenters. The SMILES string of the molecule is CCN(CC1CCN(C)C1)C(=O)Nc1ccc(-n2cccn2)cc1. The van der Waals surface area contributed by atoms with Crippen LogP contribution in [0.5, 0.6) is 0 Å². The van der Waals surface area contributed by atoms with Gasteiger partial charge in [-0.15, -0.1) is 0 Å². The topological polar surface area (TPSA) is 53.4 Å². The number of carbonyl (C=O) groups excluding carboxylic acids is 1. The molecule has 0 saturated carbocycles. The highest BCUT2D eigenvalue weighted by molar-refractivity contribution is 5.89. The van der Waals surface area contributed by atoms with Crippen LogP contribution in [0.1, 0.15) is 13.3 Å². The quantitative estimate of drug-likeness (QED) is 0.918. The van der Waals surface area contributed by atoms with Crippen LogP contribution in [0, 0.1) is 5.92 Å². The van der Waals surface area contributed by atoms with Crippen molar-refractivity contribution in [3.63, 3.8) is 0 Å². The summed E-state index contributed by atoms with van der Waals surface area (Å²) >= 11 is 0. The molecule has 1 fully saturated rings. The zero-order valence-corrected chi connectivity index (χ0v) is 14.4. The number of benzene rings is 1. The molecule has 6 nitrogen and oxygen atoms in total. The number of likely N-dealkylation sites (tertiary alicyclic amines) is 1. The molecule has 6 heteroatoms. The number of amides is 2. The van der Waals surface area contributed by atoms with Gasteiger partial charge in [0.2, 0.25) is 0 Å². The van der Waals surface area contributed by atoms with E-state index in [0.29, 0.717) is 5.92 Å². The molecule has 2 aromatic rings. The minimum Gasteiger partial charge on any atom is -0.324 e. The van der Waals surface area contributed by atoms with Crippen LogP contribution in [0.25, 0.3) is 5.69 Å². The fourth-order valence-corrected chi connectivity index (χ4v) is 3.16. The molecule has 1 aliphatic heterocycles. The van der Waals surface area contributed by atoms with E-state index in [1.807, 2.05) is 48.4 Å². The van der Waals surface area contributed by atoms with Gasteiger partial charge >= 0.3 is 6.03 Å². The minimum atomic E-state index is -0.0288. The normalized spacial score (nSPS) is 17.8. The molecule has 128 valence electrons. The molecule has 1 aromatic carbocycles. The summed E-state index contributed by atoms with van der Waals surface area (Å²) in [7, 11) is 2.14.